The lowest BCUT2D eigenvalue weighted by molar-refractivity contribution is 0.301. The van der Waals surface area contributed by atoms with Crippen LogP contribution in [0.1, 0.15) is 50.6 Å². The van der Waals surface area contributed by atoms with E-state index in [-0.39, 0.29) is 0 Å². The zero-order chi connectivity index (χ0) is 11.6. The molecule has 1 atom stereocenters. The van der Waals surface area contributed by atoms with Crippen LogP contribution in [-0.4, -0.2) is 11.5 Å². The third kappa shape index (κ3) is 3.05. The number of halogens is 1. The van der Waals surface area contributed by atoms with E-state index in [1.54, 1.807) is 11.3 Å². The average Bonchev–Trinajstić information content (AvgIpc) is 2.85. The Morgan fingerprint density at radius 1 is 1.56 bits per heavy atom. The summed E-state index contributed by atoms with van der Waals surface area (Å²) >= 11 is 5.18. The first-order chi connectivity index (χ1) is 7.59. The second kappa shape index (κ2) is 5.15. The highest BCUT2D eigenvalue weighted by molar-refractivity contribution is 9.11. The van der Waals surface area contributed by atoms with Gasteiger partial charge in [0.05, 0.1) is 16.0 Å². The fourth-order valence-electron chi connectivity index (χ4n) is 2.36. The molecule has 0 aromatic carbocycles. The lowest BCUT2D eigenvalue weighted by atomic mass is 9.89. The summed E-state index contributed by atoms with van der Waals surface area (Å²) in [7, 11) is 0. The van der Waals surface area contributed by atoms with Crippen LogP contribution in [0.3, 0.4) is 0 Å². The highest BCUT2D eigenvalue weighted by Gasteiger charge is 2.28. The number of hydrogen-bond acceptors (Lipinski definition) is 3. The van der Waals surface area contributed by atoms with Crippen molar-refractivity contribution in [2.75, 3.05) is 6.54 Å². The van der Waals surface area contributed by atoms with Crippen molar-refractivity contribution in [3.05, 3.63) is 15.0 Å². The Balaban J connectivity index is 1.86. The van der Waals surface area contributed by atoms with Gasteiger partial charge in [-0.25, -0.2) is 4.98 Å². The van der Waals surface area contributed by atoms with Gasteiger partial charge in [0.1, 0.15) is 5.01 Å². The molecule has 0 aliphatic heterocycles. The number of thiazole rings is 1. The van der Waals surface area contributed by atoms with Crippen LogP contribution in [0.2, 0.25) is 0 Å². The third-order valence-corrected chi connectivity index (χ3v) is 5.17. The molecule has 1 unspecified atom stereocenters. The molecule has 90 valence electrons. The molecule has 1 aliphatic carbocycles. The van der Waals surface area contributed by atoms with E-state index in [0.29, 0.717) is 11.5 Å². The number of aromatic nitrogens is 1. The molecular weight excluding hydrogens is 284 g/mol. The van der Waals surface area contributed by atoms with Crippen LogP contribution in [0.5, 0.6) is 0 Å². The van der Waals surface area contributed by atoms with Gasteiger partial charge in [-0.15, -0.1) is 11.3 Å². The standard InChI is InChI=1S/C12H19BrN2S/c1-9(11-14-7-10(13)16-11)15-8-12(2)5-3-4-6-12/h7,9,15H,3-6,8H2,1-2H3. The van der Waals surface area contributed by atoms with Gasteiger partial charge in [0.15, 0.2) is 0 Å². The number of hydrogen-bond donors (Lipinski definition) is 1. The summed E-state index contributed by atoms with van der Waals surface area (Å²) in [5.41, 5.74) is 0.517. The minimum absolute atomic E-state index is 0.369. The highest BCUT2D eigenvalue weighted by atomic mass is 79.9. The molecular formula is C12H19BrN2S. The summed E-state index contributed by atoms with van der Waals surface area (Å²) in [6.07, 6.45) is 7.42. The first-order valence-corrected chi connectivity index (χ1v) is 7.55. The topological polar surface area (TPSA) is 24.9 Å². The zero-order valence-electron chi connectivity index (χ0n) is 9.92. The van der Waals surface area contributed by atoms with E-state index < -0.39 is 0 Å². The van der Waals surface area contributed by atoms with E-state index in [4.69, 9.17) is 0 Å². The van der Waals surface area contributed by atoms with Gasteiger partial charge in [-0.05, 0) is 41.1 Å². The predicted molar refractivity (Wildman–Crippen MR) is 72.8 cm³/mol. The molecule has 16 heavy (non-hydrogen) atoms. The molecule has 0 spiro atoms. The molecule has 0 amide bonds. The molecule has 1 aromatic heterocycles. The van der Waals surface area contributed by atoms with E-state index in [0.717, 1.165) is 10.3 Å². The van der Waals surface area contributed by atoms with Gasteiger partial charge in [-0.1, -0.05) is 19.8 Å². The first kappa shape index (κ1) is 12.5. The van der Waals surface area contributed by atoms with Gasteiger partial charge in [-0.3, -0.25) is 0 Å². The number of nitrogens with one attached hydrogen (secondary N) is 1. The Bertz CT molecular complexity index is 345. The van der Waals surface area contributed by atoms with Crippen LogP contribution in [-0.2, 0) is 0 Å². The SMILES string of the molecule is CC(NCC1(C)CCCC1)c1ncc(Br)s1. The first-order valence-electron chi connectivity index (χ1n) is 5.94. The van der Waals surface area contributed by atoms with Gasteiger partial charge in [0.25, 0.3) is 0 Å². The number of nitrogens with zero attached hydrogens (tertiary/aromatic N) is 1. The minimum atomic E-state index is 0.369. The molecule has 4 heteroatoms. The summed E-state index contributed by atoms with van der Waals surface area (Å²) in [6.45, 7) is 5.71. The summed E-state index contributed by atoms with van der Waals surface area (Å²) in [5.74, 6) is 0. The van der Waals surface area contributed by atoms with E-state index >= 15 is 0 Å². The van der Waals surface area contributed by atoms with Crippen molar-refractivity contribution >= 4 is 27.3 Å². The predicted octanol–water partition coefficient (Wildman–Crippen LogP) is 4.14. The van der Waals surface area contributed by atoms with Crippen LogP contribution in [0, 0.1) is 5.41 Å². The molecule has 1 aromatic rings. The Morgan fingerprint density at radius 3 is 2.81 bits per heavy atom. The molecule has 2 nitrogen and oxygen atoms in total. The molecule has 1 saturated carbocycles. The Hall–Kier alpha value is 0.0700. The minimum Gasteiger partial charge on any atom is -0.308 e. The van der Waals surface area contributed by atoms with Gasteiger partial charge >= 0.3 is 0 Å². The lowest BCUT2D eigenvalue weighted by Crippen LogP contribution is -2.31. The molecule has 0 saturated heterocycles. The Morgan fingerprint density at radius 2 is 2.25 bits per heavy atom. The summed E-state index contributed by atoms with van der Waals surface area (Å²) in [6, 6.07) is 0.369. The van der Waals surface area contributed by atoms with Gasteiger partial charge in [-0.2, -0.15) is 0 Å². The number of rotatable bonds is 4. The maximum atomic E-state index is 4.39. The second-order valence-corrected chi connectivity index (χ2v) is 7.56. The summed E-state index contributed by atoms with van der Waals surface area (Å²) in [5, 5.41) is 4.80. The quantitative estimate of drug-likeness (QED) is 0.904. The third-order valence-electron chi connectivity index (χ3n) is 3.51. The van der Waals surface area contributed by atoms with Gasteiger partial charge < -0.3 is 5.32 Å². The lowest BCUT2D eigenvalue weighted by Gasteiger charge is -2.25. The van der Waals surface area contributed by atoms with Crippen LogP contribution in [0.4, 0.5) is 0 Å². The maximum Gasteiger partial charge on any atom is 0.110 e. The fraction of sp³-hybridized carbons (Fsp3) is 0.750. The maximum absolute atomic E-state index is 4.39. The molecule has 0 bridgehead atoms. The van der Waals surface area contributed by atoms with Crippen LogP contribution < -0.4 is 5.32 Å². The molecule has 0 radical (unpaired) electrons. The molecule has 1 fully saturated rings. The smallest absolute Gasteiger partial charge is 0.110 e. The van der Waals surface area contributed by atoms with Crippen LogP contribution >= 0.6 is 27.3 Å². The van der Waals surface area contributed by atoms with E-state index in [1.165, 1.54) is 30.7 Å². The second-order valence-electron chi connectivity index (χ2n) is 5.12. The van der Waals surface area contributed by atoms with Crippen molar-refractivity contribution < 1.29 is 0 Å². The van der Waals surface area contributed by atoms with Crippen LogP contribution in [0.25, 0.3) is 0 Å². The van der Waals surface area contributed by atoms with E-state index in [9.17, 15) is 0 Å². The van der Waals surface area contributed by atoms with E-state index in [2.05, 4.69) is 40.1 Å². The monoisotopic (exact) mass is 302 g/mol. The van der Waals surface area contributed by atoms with Crippen molar-refractivity contribution in [1.82, 2.24) is 10.3 Å². The van der Waals surface area contributed by atoms with Crippen molar-refractivity contribution in [3.63, 3.8) is 0 Å². The summed E-state index contributed by atoms with van der Waals surface area (Å²) < 4.78 is 1.11. The average molecular weight is 303 g/mol. The summed E-state index contributed by atoms with van der Waals surface area (Å²) in [4.78, 5) is 4.39. The van der Waals surface area contributed by atoms with Crippen molar-refractivity contribution in [3.8, 4) is 0 Å². The van der Waals surface area contributed by atoms with Crippen molar-refractivity contribution in [2.45, 2.75) is 45.6 Å². The van der Waals surface area contributed by atoms with Gasteiger partial charge in [0.2, 0.25) is 0 Å². The van der Waals surface area contributed by atoms with Crippen molar-refractivity contribution in [1.29, 1.82) is 0 Å². The van der Waals surface area contributed by atoms with E-state index in [1.807, 2.05) is 6.20 Å². The largest absolute Gasteiger partial charge is 0.308 e. The normalized spacial score (nSPS) is 21.2. The fourth-order valence-corrected chi connectivity index (χ4v) is 3.63. The Labute approximate surface area is 110 Å². The highest BCUT2D eigenvalue weighted by Crippen LogP contribution is 2.37. The molecule has 2 rings (SSSR count). The van der Waals surface area contributed by atoms with Gasteiger partial charge in [0, 0.05) is 6.54 Å². The Kier molecular flexibility index (Phi) is 4.03. The van der Waals surface area contributed by atoms with Crippen molar-refractivity contribution in [2.24, 2.45) is 5.41 Å². The zero-order valence-corrected chi connectivity index (χ0v) is 12.3. The molecule has 1 heterocycles. The molecule has 1 N–H and O–H groups in total. The van der Waals surface area contributed by atoms with Crippen LogP contribution in [0.15, 0.2) is 9.98 Å². The molecule has 1 aliphatic rings.